The second kappa shape index (κ2) is 8.15. The molecule has 23 heavy (non-hydrogen) atoms. The monoisotopic (exact) mass is 370 g/mol. The molecule has 1 N–H and O–H groups in total. The summed E-state index contributed by atoms with van der Waals surface area (Å²) in [5.41, 5.74) is 1.02. The van der Waals surface area contributed by atoms with Crippen LogP contribution in [0.5, 0.6) is 0 Å². The van der Waals surface area contributed by atoms with Gasteiger partial charge in [0, 0.05) is 29.5 Å². The first-order valence-corrected chi connectivity index (χ1v) is 8.73. The molecule has 1 amide bonds. The van der Waals surface area contributed by atoms with Gasteiger partial charge in [-0.05, 0) is 30.0 Å². The highest BCUT2D eigenvalue weighted by molar-refractivity contribution is 7.10. The van der Waals surface area contributed by atoms with Crippen LogP contribution in [0.25, 0.3) is 0 Å². The predicted octanol–water partition coefficient (Wildman–Crippen LogP) is 4.10. The molecule has 2 heterocycles. The number of amides is 1. The van der Waals surface area contributed by atoms with E-state index >= 15 is 0 Å². The molecule has 0 saturated carbocycles. The zero-order chi connectivity index (χ0) is 15.5. The maximum Gasteiger partial charge on any atom is 0.231 e. The van der Waals surface area contributed by atoms with Gasteiger partial charge in [-0.15, -0.1) is 23.7 Å². The Hall–Kier alpha value is -1.07. The summed E-state index contributed by atoms with van der Waals surface area (Å²) in [5, 5.41) is 6.11. The number of hydrogen-bond donors (Lipinski definition) is 1. The zero-order valence-electron chi connectivity index (χ0n) is 12.9. The highest BCUT2D eigenvalue weighted by Crippen LogP contribution is 2.32. The van der Waals surface area contributed by atoms with Gasteiger partial charge in [0.25, 0.3) is 0 Å². The fourth-order valence-corrected chi connectivity index (χ4v) is 3.94. The minimum absolute atomic E-state index is 0. The van der Waals surface area contributed by atoms with E-state index < -0.39 is 0 Å². The van der Waals surface area contributed by atoms with Crippen LogP contribution >= 0.6 is 35.3 Å². The molecule has 1 saturated heterocycles. The van der Waals surface area contributed by atoms with Gasteiger partial charge >= 0.3 is 0 Å². The highest BCUT2D eigenvalue weighted by atomic mass is 35.5. The maximum absolute atomic E-state index is 13.0. The molecule has 0 aliphatic carbocycles. The Morgan fingerprint density at radius 1 is 1.35 bits per heavy atom. The summed E-state index contributed by atoms with van der Waals surface area (Å²) in [6, 6.07) is 11.8. The molecular formula is C17H20Cl2N2OS. The van der Waals surface area contributed by atoms with Gasteiger partial charge in [0.15, 0.2) is 0 Å². The first kappa shape index (κ1) is 18.3. The second-order valence-electron chi connectivity index (χ2n) is 5.51. The van der Waals surface area contributed by atoms with Crippen molar-refractivity contribution < 1.29 is 4.79 Å². The van der Waals surface area contributed by atoms with Crippen molar-refractivity contribution in [3.8, 4) is 0 Å². The Bertz CT molecular complexity index is 648. The van der Waals surface area contributed by atoms with E-state index in [4.69, 9.17) is 11.6 Å². The lowest BCUT2D eigenvalue weighted by Gasteiger charge is -2.38. The SMILES string of the molecule is CC(C(=O)N1CCNCC1c1ccccc1Cl)c1cccs1.Cl. The average Bonchev–Trinajstić information content (AvgIpc) is 3.08. The number of halogens is 2. The Kier molecular flexibility index (Phi) is 6.48. The summed E-state index contributed by atoms with van der Waals surface area (Å²) in [7, 11) is 0. The molecule has 0 spiro atoms. The van der Waals surface area contributed by atoms with Crippen LogP contribution in [0.15, 0.2) is 41.8 Å². The van der Waals surface area contributed by atoms with Gasteiger partial charge in [0.1, 0.15) is 0 Å². The Morgan fingerprint density at radius 2 is 2.13 bits per heavy atom. The molecule has 1 aliphatic rings. The molecule has 3 nitrogen and oxygen atoms in total. The van der Waals surface area contributed by atoms with Crippen molar-refractivity contribution in [1.29, 1.82) is 0 Å². The predicted molar refractivity (Wildman–Crippen MR) is 98.8 cm³/mol. The van der Waals surface area contributed by atoms with Crippen molar-refractivity contribution in [3.63, 3.8) is 0 Å². The Labute approximate surface area is 152 Å². The Balaban J connectivity index is 0.00000192. The van der Waals surface area contributed by atoms with Crippen LogP contribution < -0.4 is 5.32 Å². The fraction of sp³-hybridized carbons (Fsp3) is 0.353. The molecule has 6 heteroatoms. The van der Waals surface area contributed by atoms with E-state index in [1.807, 2.05) is 53.6 Å². The summed E-state index contributed by atoms with van der Waals surface area (Å²) in [6.45, 7) is 4.26. The van der Waals surface area contributed by atoms with Crippen molar-refractivity contribution >= 4 is 41.3 Å². The number of rotatable bonds is 3. The number of carbonyl (C=O) groups excluding carboxylic acids is 1. The standard InChI is InChI=1S/C17H19ClN2OS.ClH/c1-12(16-7-4-10-22-16)17(21)20-9-8-19-11-15(20)13-5-2-3-6-14(13)18;/h2-7,10,12,15,19H,8-9,11H2,1H3;1H. The van der Waals surface area contributed by atoms with Crippen molar-refractivity contribution in [2.24, 2.45) is 0 Å². The van der Waals surface area contributed by atoms with Crippen LogP contribution in [0.3, 0.4) is 0 Å². The third-order valence-corrected chi connectivity index (χ3v) is 5.53. The maximum atomic E-state index is 13.0. The minimum atomic E-state index is -0.108. The number of benzene rings is 1. The van der Waals surface area contributed by atoms with E-state index in [2.05, 4.69) is 5.32 Å². The van der Waals surface area contributed by atoms with E-state index in [0.29, 0.717) is 6.54 Å². The number of nitrogens with one attached hydrogen (secondary N) is 1. The molecule has 0 bridgehead atoms. The summed E-state index contributed by atoms with van der Waals surface area (Å²) < 4.78 is 0. The number of carbonyl (C=O) groups is 1. The lowest BCUT2D eigenvalue weighted by atomic mass is 10.00. The highest BCUT2D eigenvalue weighted by Gasteiger charge is 2.32. The smallest absolute Gasteiger partial charge is 0.231 e. The van der Waals surface area contributed by atoms with Gasteiger partial charge in [-0.2, -0.15) is 0 Å². The lowest BCUT2D eigenvalue weighted by Crippen LogP contribution is -2.49. The molecule has 124 valence electrons. The molecule has 0 radical (unpaired) electrons. The number of hydrogen-bond acceptors (Lipinski definition) is 3. The number of piperazine rings is 1. The number of thiophene rings is 1. The average molecular weight is 371 g/mol. The summed E-state index contributed by atoms with van der Waals surface area (Å²) in [6.07, 6.45) is 0. The molecular weight excluding hydrogens is 351 g/mol. The van der Waals surface area contributed by atoms with Crippen molar-refractivity contribution in [2.75, 3.05) is 19.6 Å². The third-order valence-electron chi connectivity index (χ3n) is 4.13. The quantitative estimate of drug-likeness (QED) is 0.881. The zero-order valence-corrected chi connectivity index (χ0v) is 15.3. The van der Waals surface area contributed by atoms with Gasteiger partial charge in [0.2, 0.25) is 5.91 Å². The topological polar surface area (TPSA) is 32.3 Å². The van der Waals surface area contributed by atoms with Gasteiger partial charge in [-0.3, -0.25) is 4.79 Å². The normalized spacial score (nSPS) is 19.0. The molecule has 3 rings (SSSR count). The molecule has 2 aromatic rings. The van der Waals surface area contributed by atoms with E-state index in [1.165, 1.54) is 0 Å². The van der Waals surface area contributed by atoms with Gasteiger partial charge < -0.3 is 10.2 Å². The molecule has 2 unspecified atom stereocenters. The van der Waals surface area contributed by atoms with Crippen LogP contribution in [0.1, 0.15) is 29.3 Å². The van der Waals surface area contributed by atoms with E-state index in [0.717, 1.165) is 28.6 Å². The molecule has 1 aromatic heterocycles. The van der Waals surface area contributed by atoms with Crippen LogP contribution in [0, 0.1) is 0 Å². The van der Waals surface area contributed by atoms with Gasteiger partial charge in [0.05, 0.1) is 12.0 Å². The molecule has 1 fully saturated rings. The van der Waals surface area contributed by atoms with Crippen LogP contribution in [0.2, 0.25) is 5.02 Å². The van der Waals surface area contributed by atoms with Crippen LogP contribution in [-0.4, -0.2) is 30.4 Å². The van der Waals surface area contributed by atoms with Crippen LogP contribution in [0.4, 0.5) is 0 Å². The third kappa shape index (κ3) is 3.89. The summed E-state index contributed by atoms with van der Waals surface area (Å²) in [4.78, 5) is 16.0. The second-order valence-corrected chi connectivity index (χ2v) is 6.90. The minimum Gasteiger partial charge on any atom is -0.332 e. The van der Waals surface area contributed by atoms with Crippen LogP contribution in [-0.2, 0) is 4.79 Å². The van der Waals surface area contributed by atoms with E-state index in [9.17, 15) is 4.79 Å². The molecule has 2 atom stereocenters. The molecule has 1 aliphatic heterocycles. The number of nitrogens with zero attached hydrogens (tertiary/aromatic N) is 1. The molecule has 1 aromatic carbocycles. The summed E-state index contributed by atoms with van der Waals surface area (Å²) in [5.74, 6) is 0.0666. The first-order chi connectivity index (χ1) is 10.7. The van der Waals surface area contributed by atoms with E-state index in [1.54, 1.807) is 11.3 Å². The van der Waals surface area contributed by atoms with Gasteiger partial charge in [-0.25, -0.2) is 0 Å². The van der Waals surface area contributed by atoms with Gasteiger partial charge in [-0.1, -0.05) is 35.9 Å². The first-order valence-electron chi connectivity index (χ1n) is 7.47. The van der Waals surface area contributed by atoms with Crippen molar-refractivity contribution in [3.05, 3.63) is 57.2 Å². The summed E-state index contributed by atoms with van der Waals surface area (Å²) >= 11 is 7.98. The Morgan fingerprint density at radius 3 is 2.83 bits per heavy atom. The lowest BCUT2D eigenvalue weighted by molar-refractivity contribution is -0.135. The van der Waals surface area contributed by atoms with E-state index in [-0.39, 0.29) is 30.3 Å². The fourth-order valence-electron chi connectivity index (χ4n) is 2.90. The van der Waals surface area contributed by atoms with Crippen molar-refractivity contribution in [2.45, 2.75) is 18.9 Å². The van der Waals surface area contributed by atoms with Crippen molar-refractivity contribution in [1.82, 2.24) is 10.2 Å². The largest absolute Gasteiger partial charge is 0.332 e.